The van der Waals surface area contributed by atoms with E-state index < -0.39 is 0 Å². The number of unbranched alkanes of at least 4 members (excludes halogenated alkanes) is 2. The van der Waals surface area contributed by atoms with Gasteiger partial charge in [-0.2, -0.15) is 0 Å². The lowest BCUT2D eigenvalue weighted by molar-refractivity contribution is 0.0513. The molecule has 0 bridgehead atoms. The molecule has 0 atom stereocenters. The summed E-state index contributed by atoms with van der Waals surface area (Å²) in [5.74, 6) is 5.77. The Morgan fingerprint density at radius 3 is 2.56 bits per heavy atom. The van der Waals surface area contributed by atoms with Gasteiger partial charge in [-0.3, -0.25) is 0 Å². The fourth-order valence-electron chi connectivity index (χ4n) is 1.31. The SMILES string of the molecule is CCCCC#CCCOC(=O)c1ccc(Br)cc1. The summed E-state index contributed by atoms with van der Waals surface area (Å²) in [4.78, 5) is 11.6. The van der Waals surface area contributed by atoms with E-state index in [9.17, 15) is 4.79 Å². The molecule has 0 amide bonds. The lowest BCUT2D eigenvalue weighted by Crippen LogP contribution is -2.05. The number of esters is 1. The first-order valence-corrected chi connectivity index (χ1v) is 6.91. The molecular formula is C15H17BrO2. The van der Waals surface area contributed by atoms with Gasteiger partial charge in [0, 0.05) is 17.3 Å². The summed E-state index contributed by atoms with van der Waals surface area (Å²) >= 11 is 3.32. The lowest BCUT2D eigenvalue weighted by atomic mass is 10.2. The minimum Gasteiger partial charge on any atom is -0.461 e. The molecular weight excluding hydrogens is 292 g/mol. The van der Waals surface area contributed by atoms with Crippen molar-refractivity contribution < 1.29 is 9.53 Å². The van der Waals surface area contributed by atoms with E-state index in [-0.39, 0.29) is 5.97 Å². The van der Waals surface area contributed by atoms with E-state index in [2.05, 4.69) is 34.7 Å². The van der Waals surface area contributed by atoms with E-state index in [4.69, 9.17) is 4.74 Å². The molecule has 1 aromatic carbocycles. The van der Waals surface area contributed by atoms with Crippen molar-refractivity contribution in [3.8, 4) is 11.8 Å². The van der Waals surface area contributed by atoms with E-state index in [1.54, 1.807) is 12.1 Å². The van der Waals surface area contributed by atoms with Crippen LogP contribution in [-0.4, -0.2) is 12.6 Å². The Bertz CT molecular complexity index is 426. The van der Waals surface area contributed by atoms with Crippen molar-refractivity contribution in [3.63, 3.8) is 0 Å². The molecule has 96 valence electrons. The summed E-state index contributed by atoms with van der Waals surface area (Å²) in [6.45, 7) is 2.50. The van der Waals surface area contributed by atoms with Crippen LogP contribution in [0, 0.1) is 11.8 Å². The minimum absolute atomic E-state index is 0.294. The third-order valence-electron chi connectivity index (χ3n) is 2.32. The van der Waals surface area contributed by atoms with Gasteiger partial charge in [0.1, 0.15) is 6.61 Å². The van der Waals surface area contributed by atoms with Crippen molar-refractivity contribution in [2.45, 2.75) is 32.6 Å². The quantitative estimate of drug-likeness (QED) is 0.463. The molecule has 0 saturated carbocycles. The number of ether oxygens (including phenoxy) is 1. The second-order valence-corrected chi connectivity index (χ2v) is 4.77. The normalized spacial score (nSPS) is 9.44. The monoisotopic (exact) mass is 308 g/mol. The highest BCUT2D eigenvalue weighted by Crippen LogP contribution is 2.11. The third-order valence-corrected chi connectivity index (χ3v) is 2.85. The number of hydrogen-bond acceptors (Lipinski definition) is 2. The first-order valence-electron chi connectivity index (χ1n) is 6.12. The van der Waals surface area contributed by atoms with Gasteiger partial charge in [-0.15, -0.1) is 5.92 Å². The zero-order valence-electron chi connectivity index (χ0n) is 10.5. The van der Waals surface area contributed by atoms with Gasteiger partial charge in [-0.05, 0) is 30.7 Å². The molecule has 0 radical (unpaired) electrons. The Morgan fingerprint density at radius 1 is 1.22 bits per heavy atom. The number of carbonyl (C=O) groups excluding carboxylic acids is 1. The zero-order chi connectivity index (χ0) is 13.2. The van der Waals surface area contributed by atoms with Crippen LogP contribution in [0.3, 0.4) is 0 Å². The van der Waals surface area contributed by atoms with Gasteiger partial charge >= 0.3 is 5.97 Å². The Labute approximate surface area is 117 Å². The average molecular weight is 309 g/mol. The highest BCUT2D eigenvalue weighted by atomic mass is 79.9. The molecule has 0 aliphatic heterocycles. The van der Waals surface area contributed by atoms with Gasteiger partial charge in [0.15, 0.2) is 0 Å². The Morgan fingerprint density at radius 2 is 1.89 bits per heavy atom. The number of benzene rings is 1. The number of rotatable bonds is 5. The first-order chi connectivity index (χ1) is 8.74. The maximum atomic E-state index is 11.6. The Hall–Kier alpha value is -1.27. The molecule has 18 heavy (non-hydrogen) atoms. The van der Waals surface area contributed by atoms with Crippen molar-refractivity contribution in [1.29, 1.82) is 0 Å². The van der Waals surface area contributed by atoms with Crippen LogP contribution in [0.1, 0.15) is 43.0 Å². The van der Waals surface area contributed by atoms with Gasteiger partial charge in [-0.25, -0.2) is 4.79 Å². The first kappa shape index (κ1) is 14.8. The van der Waals surface area contributed by atoms with Crippen LogP contribution in [0.15, 0.2) is 28.7 Å². The van der Waals surface area contributed by atoms with Crippen LogP contribution < -0.4 is 0 Å². The molecule has 1 aromatic rings. The summed E-state index contributed by atoms with van der Waals surface area (Å²) < 4.78 is 6.06. The van der Waals surface area contributed by atoms with Crippen molar-refractivity contribution >= 4 is 21.9 Å². The van der Waals surface area contributed by atoms with Crippen molar-refractivity contribution in [1.82, 2.24) is 0 Å². The van der Waals surface area contributed by atoms with Crippen LogP contribution in [0.5, 0.6) is 0 Å². The van der Waals surface area contributed by atoms with Gasteiger partial charge in [-0.1, -0.05) is 35.2 Å². The summed E-state index contributed by atoms with van der Waals surface area (Å²) in [6.07, 6.45) is 3.82. The van der Waals surface area contributed by atoms with Crippen LogP contribution in [-0.2, 0) is 4.74 Å². The molecule has 0 fully saturated rings. The largest absolute Gasteiger partial charge is 0.461 e. The third kappa shape index (κ3) is 5.88. The number of carbonyl (C=O) groups is 1. The Kier molecular flexibility index (Phi) is 7.20. The summed E-state index contributed by atoms with van der Waals surface area (Å²) in [5, 5.41) is 0. The van der Waals surface area contributed by atoms with Crippen LogP contribution in [0.2, 0.25) is 0 Å². The minimum atomic E-state index is -0.294. The highest BCUT2D eigenvalue weighted by molar-refractivity contribution is 9.10. The molecule has 0 N–H and O–H groups in total. The van der Waals surface area contributed by atoms with E-state index in [0.29, 0.717) is 18.6 Å². The number of halogens is 1. The summed E-state index contributed by atoms with van der Waals surface area (Å²) in [5.41, 5.74) is 0.567. The highest BCUT2D eigenvalue weighted by Gasteiger charge is 2.05. The van der Waals surface area contributed by atoms with Crippen LogP contribution >= 0.6 is 15.9 Å². The molecule has 0 heterocycles. The fraction of sp³-hybridized carbons (Fsp3) is 0.400. The molecule has 3 heteroatoms. The average Bonchev–Trinajstić information content (AvgIpc) is 2.38. The lowest BCUT2D eigenvalue weighted by Gasteiger charge is -2.02. The second kappa shape index (κ2) is 8.77. The standard InChI is InChI=1S/C15H17BrO2/c1-2-3-4-5-6-7-12-18-15(17)13-8-10-14(16)11-9-13/h8-11H,2-4,7,12H2,1H3. The van der Waals surface area contributed by atoms with Gasteiger partial charge in [0.2, 0.25) is 0 Å². The van der Waals surface area contributed by atoms with Gasteiger partial charge in [0.05, 0.1) is 5.56 Å². The molecule has 0 aliphatic carbocycles. The van der Waals surface area contributed by atoms with E-state index in [1.807, 2.05) is 12.1 Å². The predicted octanol–water partition coefficient (Wildman–Crippen LogP) is 4.19. The Balaban J connectivity index is 2.24. The maximum Gasteiger partial charge on any atom is 0.338 e. The maximum absolute atomic E-state index is 11.6. The summed E-state index contributed by atoms with van der Waals surface area (Å²) in [6, 6.07) is 7.11. The smallest absolute Gasteiger partial charge is 0.338 e. The van der Waals surface area contributed by atoms with Crippen molar-refractivity contribution in [2.24, 2.45) is 0 Å². The van der Waals surface area contributed by atoms with Gasteiger partial charge < -0.3 is 4.74 Å². The fourth-order valence-corrected chi connectivity index (χ4v) is 1.57. The van der Waals surface area contributed by atoms with E-state index in [1.165, 1.54) is 0 Å². The van der Waals surface area contributed by atoms with E-state index in [0.717, 1.165) is 23.7 Å². The van der Waals surface area contributed by atoms with Crippen molar-refractivity contribution in [2.75, 3.05) is 6.61 Å². The van der Waals surface area contributed by atoms with Gasteiger partial charge in [0.25, 0.3) is 0 Å². The molecule has 0 aliphatic rings. The molecule has 0 unspecified atom stereocenters. The van der Waals surface area contributed by atoms with Crippen molar-refractivity contribution in [3.05, 3.63) is 34.3 Å². The topological polar surface area (TPSA) is 26.3 Å². The van der Waals surface area contributed by atoms with Crippen LogP contribution in [0.4, 0.5) is 0 Å². The van der Waals surface area contributed by atoms with Crippen LogP contribution in [0.25, 0.3) is 0 Å². The molecule has 0 spiro atoms. The molecule has 1 rings (SSSR count). The molecule has 0 aromatic heterocycles. The second-order valence-electron chi connectivity index (χ2n) is 3.85. The van der Waals surface area contributed by atoms with E-state index >= 15 is 0 Å². The predicted molar refractivity (Wildman–Crippen MR) is 76.3 cm³/mol. The molecule has 2 nitrogen and oxygen atoms in total. The summed E-state index contributed by atoms with van der Waals surface area (Å²) in [7, 11) is 0. The number of hydrogen-bond donors (Lipinski definition) is 0. The molecule has 0 saturated heterocycles. The zero-order valence-corrected chi connectivity index (χ0v) is 12.1.